The molecule has 2 fully saturated rings. The highest BCUT2D eigenvalue weighted by molar-refractivity contribution is 7.13. The second kappa shape index (κ2) is 6.63. The van der Waals surface area contributed by atoms with Crippen LogP contribution < -0.4 is 0 Å². The Balaban J connectivity index is 1.52. The summed E-state index contributed by atoms with van der Waals surface area (Å²) in [6.07, 6.45) is 6.26. The Morgan fingerprint density at radius 1 is 1.36 bits per heavy atom. The second-order valence-corrected chi connectivity index (χ2v) is 7.75. The van der Waals surface area contributed by atoms with E-state index in [-0.39, 0.29) is 18.4 Å². The van der Waals surface area contributed by atoms with E-state index in [1.165, 1.54) is 17.6 Å². The number of likely N-dealkylation sites (tertiary alicyclic amines) is 1. The van der Waals surface area contributed by atoms with Crippen LogP contribution in [0.4, 0.5) is 0 Å². The summed E-state index contributed by atoms with van der Waals surface area (Å²) < 4.78 is 5.47. The lowest BCUT2D eigenvalue weighted by Crippen LogP contribution is -2.46. The topological polar surface area (TPSA) is 83.6 Å². The van der Waals surface area contributed by atoms with Gasteiger partial charge in [0.1, 0.15) is 12.3 Å². The number of carbonyl (C=O) groups excluding carboxylic acids is 1. The van der Waals surface area contributed by atoms with Gasteiger partial charge in [0.25, 0.3) is 0 Å². The highest BCUT2D eigenvalue weighted by Crippen LogP contribution is 2.40. The SMILES string of the molecule is O=C(O)[C@@H]1C[C@H]2CCCC[C@@H]2N1C(=O)Cc1coc(-c2cccs2)n1. The van der Waals surface area contributed by atoms with Gasteiger partial charge in [0.15, 0.2) is 0 Å². The van der Waals surface area contributed by atoms with Gasteiger partial charge < -0.3 is 14.4 Å². The van der Waals surface area contributed by atoms with E-state index in [1.807, 2.05) is 17.5 Å². The number of aliphatic carboxylic acids is 1. The minimum Gasteiger partial charge on any atom is -0.480 e. The number of thiophene rings is 1. The van der Waals surface area contributed by atoms with Gasteiger partial charge in [-0.1, -0.05) is 18.9 Å². The molecule has 1 saturated carbocycles. The zero-order valence-electron chi connectivity index (χ0n) is 13.8. The Morgan fingerprint density at radius 3 is 2.96 bits per heavy atom. The largest absolute Gasteiger partial charge is 0.480 e. The molecule has 0 radical (unpaired) electrons. The standard InChI is InChI=1S/C18H20N2O4S/c21-16(9-12-10-24-17(19-12)15-6-3-7-25-15)20-13-5-2-1-4-11(13)8-14(20)18(22)23/h3,6-7,10-11,13-14H,1-2,4-5,8-9H2,(H,22,23)/t11-,13+,14+/m1/s1. The van der Waals surface area contributed by atoms with Gasteiger partial charge in [-0.25, -0.2) is 9.78 Å². The molecular formula is C18H20N2O4S. The molecule has 25 heavy (non-hydrogen) atoms. The molecule has 2 aliphatic rings. The molecular weight excluding hydrogens is 340 g/mol. The lowest BCUT2D eigenvalue weighted by atomic mass is 9.84. The summed E-state index contributed by atoms with van der Waals surface area (Å²) >= 11 is 1.52. The summed E-state index contributed by atoms with van der Waals surface area (Å²) in [4.78, 5) is 31.4. The van der Waals surface area contributed by atoms with Crippen LogP contribution in [-0.2, 0) is 16.0 Å². The summed E-state index contributed by atoms with van der Waals surface area (Å²) in [7, 11) is 0. The van der Waals surface area contributed by atoms with E-state index in [4.69, 9.17) is 4.42 Å². The average molecular weight is 360 g/mol. The number of aromatic nitrogens is 1. The summed E-state index contributed by atoms with van der Waals surface area (Å²) in [5.41, 5.74) is 0.553. The van der Waals surface area contributed by atoms with Crippen LogP contribution in [0.1, 0.15) is 37.8 Å². The number of rotatable bonds is 4. The van der Waals surface area contributed by atoms with Crippen LogP contribution in [0, 0.1) is 5.92 Å². The van der Waals surface area contributed by atoms with Gasteiger partial charge in [-0.15, -0.1) is 11.3 Å². The van der Waals surface area contributed by atoms with Gasteiger partial charge in [0.2, 0.25) is 11.8 Å². The summed E-state index contributed by atoms with van der Waals surface area (Å²) in [6.45, 7) is 0. The quantitative estimate of drug-likeness (QED) is 0.905. The third-order valence-electron chi connectivity index (χ3n) is 5.28. The number of carboxylic acids is 1. The first-order valence-electron chi connectivity index (χ1n) is 8.65. The van der Waals surface area contributed by atoms with E-state index in [0.717, 1.165) is 30.6 Å². The first-order chi connectivity index (χ1) is 12.1. The zero-order valence-corrected chi connectivity index (χ0v) is 14.6. The Morgan fingerprint density at radius 2 is 2.20 bits per heavy atom. The van der Waals surface area contributed by atoms with Gasteiger partial charge in [-0.05, 0) is 36.6 Å². The molecule has 1 amide bonds. The van der Waals surface area contributed by atoms with Crippen molar-refractivity contribution in [2.45, 2.75) is 50.6 Å². The van der Waals surface area contributed by atoms with Crippen LogP contribution in [-0.4, -0.2) is 39.0 Å². The fourth-order valence-electron chi connectivity index (χ4n) is 4.19. The van der Waals surface area contributed by atoms with Gasteiger partial charge in [0, 0.05) is 6.04 Å². The third kappa shape index (κ3) is 3.08. The van der Waals surface area contributed by atoms with Crippen molar-refractivity contribution in [3.8, 4) is 10.8 Å². The monoisotopic (exact) mass is 360 g/mol. The number of fused-ring (bicyclic) bond motifs is 1. The molecule has 0 spiro atoms. The Kier molecular flexibility index (Phi) is 4.33. The zero-order chi connectivity index (χ0) is 17.4. The molecule has 132 valence electrons. The summed E-state index contributed by atoms with van der Waals surface area (Å²) in [5, 5.41) is 11.5. The first kappa shape index (κ1) is 16.3. The molecule has 1 aliphatic heterocycles. The Bertz CT molecular complexity index is 770. The Hall–Kier alpha value is -2.15. The van der Waals surface area contributed by atoms with Gasteiger partial charge >= 0.3 is 5.97 Å². The van der Waals surface area contributed by atoms with Crippen LogP contribution >= 0.6 is 11.3 Å². The number of carbonyl (C=O) groups is 2. The van der Waals surface area contributed by atoms with Gasteiger partial charge in [-0.2, -0.15) is 0 Å². The van der Waals surface area contributed by atoms with E-state index >= 15 is 0 Å². The number of amides is 1. The van der Waals surface area contributed by atoms with E-state index in [9.17, 15) is 14.7 Å². The maximum atomic E-state index is 12.9. The molecule has 4 rings (SSSR count). The maximum absolute atomic E-state index is 12.9. The van der Waals surface area contributed by atoms with Crippen molar-refractivity contribution in [1.82, 2.24) is 9.88 Å². The van der Waals surface area contributed by atoms with Crippen LogP contribution in [0.5, 0.6) is 0 Å². The average Bonchev–Trinajstić information content (AvgIpc) is 3.33. The smallest absolute Gasteiger partial charge is 0.326 e. The van der Waals surface area contributed by atoms with Crippen LogP contribution in [0.2, 0.25) is 0 Å². The fraction of sp³-hybridized carbons (Fsp3) is 0.500. The predicted octanol–water partition coefficient (Wildman–Crippen LogP) is 3.19. The molecule has 3 heterocycles. The number of hydrogen-bond acceptors (Lipinski definition) is 5. The molecule has 0 bridgehead atoms. The van der Waals surface area contributed by atoms with Crippen molar-refractivity contribution < 1.29 is 19.1 Å². The maximum Gasteiger partial charge on any atom is 0.326 e. The fourth-order valence-corrected chi connectivity index (χ4v) is 4.84. The molecule has 2 aromatic rings. The predicted molar refractivity (Wildman–Crippen MR) is 92.2 cm³/mol. The number of carboxylic acid groups (broad SMARTS) is 1. The number of oxazole rings is 1. The molecule has 6 nitrogen and oxygen atoms in total. The molecule has 0 unspecified atom stereocenters. The van der Waals surface area contributed by atoms with Crippen LogP contribution in [0.25, 0.3) is 10.8 Å². The first-order valence-corrected chi connectivity index (χ1v) is 9.53. The molecule has 2 aromatic heterocycles. The van der Waals surface area contributed by atoms with Crippen molar-refractivity contribution in [2.24, 2.45) is 5.92 Å². The van der Waals surface area contributed by atoms with Crippen molar-refractivity contribution in [2.75, 3.05) is 0 Å². The highest BCUT2D eigenvalue weighted by Gasteiger charge is 2.47. The normalized spacial score (nSPS) is 25.8. The molecule has 1 aliphatic carbocycles. The molecule has 3 atom stereocenters. The lowest BCUT2D eigenvalue weighted by Gasteiger charge is -2.32. The minimum absolute atomic E-state index is 0.0611. The molecule has 1 N–H and O–H groups in total. The minimum atomic E-state index is -0.901. The van der Waals surface area contributed by atoms with Gasteiger partial charge in [0.05, 0.1) is 17.0 Å². The summed E-state index contributed by atoms with van der Waals surface area (Å²) in [5.74, 6) is -0.239. The van der Waals surface area contributed by atoms with Crippen molar-refractivity contribution in [3.63, 3.8) is 0 Å². The third-order valence-corrected chi connectivity index (χ3v) is 6.13. The molecule has 7 heteroatoms. The van der Waals surface area contributed by atoms with Crippen molar-refractivity contribution in [1.29, 1.82) is 0 Å². The highest BCUT2D eigenvalue weighted by atomic mass is 32.1. The molecule has 1 saturated heterocycles. The molecule has 0 aromatic carbocycles. The second-order valence-electron chi connectivity index (χ2n) is 6.80. The number of hydrogen-bond donors (Lipinski definition) is 1. The lowest BCUT2D eigenvalue weighted by molar-refractivity contribution is -0.149. The van der Waals surface area contributed by atoms with E-state index in [1.54, 1.807) is 4.90 Å². The van der Waals surface area contributed by atoms with Crippen LogP contribution in [0.15, 0.2) is 28.2 Å². The van der Waals surface area contributed by atoms with Gasteiger partial charge in [-0.3, -0.25) is 4.79 Å². The van der Waals surface area contributed by atoms with Crippen LogP contribution in [0.3, 0.4) is 0 Å². The van der Waals surface area contributed by atoms with E-state index < -0.39 is 12.0 Å². The summed E-state index contributed by atoms with van der Waals surface area (Å²) in [6, 6.07) is 3.19. The van der Waals surface area contributed by atoms with E-state index in [0.29, 0.717) is 23.9 Å². The van der Waals surface area contributed by atoms with Crippen molar-refractivity contribution in [3.05, 3.63) is 29.5 Å². The van der Waals surface area contributed by atoms with Crippen molar-refractivity contribution >= 4 is 23.2 Å². The van der Waals surface area contributed by atoms with E-state index in [2.05, 4.69) is 4.98 Å². The number of nitrogens with zero attached hydrogens (tertiary/aromatic N) is 2. The Labute approximate surface area is 149 Å².